The van der Waals surface area contributed by atoms with Crippen LogP contribution >= 0.6 is 0 Å². The molecule has 0 saturated carbocycles. The molecule has 14 heavy (non-hydrogen) atoms. The lowest BCUT2D eigenvalue weighted by Crippen LogP contribution is -2.56. The molecule has 1 fully saturated rings. The van der Waals surface area contributed by atoms with Gasteiger partial charge < -0.3 is 10.2 Å². The maximum Gasteiger partial charge on any atom is 0.242 e. The third-order valence-electron chi connectivity index (χ3n) is 2.36. The van der Waals surface area contributed by atoms with Gasteiger partial charge in [-0.15, -0.1) is 6.58 Å². The predicted octanol–water partition coefficient (Wildman–Crippen LogP) is 0.299. The van der Waals surface area contributed by atoms with E-state index in [-0.39, 0.29) is 17.9 Å². The van der Waals surface area contributed by atoms with Gasteiger partial charge in [0.25, 0.3) is 0 Å². The Labute approximate surface area is 84.0 Å². The number of piperazine rings is 1. The van der Waals surface area contributed by atoms with E-state index in [9.17, 15) is 9.59 Å². The van der Waals surface area contributed by atoms with Crippen molar-refractivity contribution < 1.29 is 9.59 Å². The van der Waals surface area contributed by atoms with Crippen molar-refractivity contribution >= 4 is 11.8 Å². The van der Waals surface area contributed by atoms with Crippen LogP contribution in [-0.2, 0) is 9.59 Å². The van der Waals surface area contributed by atoms with E-state index in [2.05, 4.69) is 11.9 Å². The van der Waals surface area contributed by atoms with E-state index in [0.29, 0.717) is 25.9 Å². The van der Waals surface area contributed by atoms with E-state index in [1.54, 1.807) is 11.0 Å². The maximum absolute atomic E-state index is 11.6. The zero-order valence-electron chi connectivity index (χ0n) is 8.45. The first-order valence-corrected chi connectivity index (χ1v) is 4.88. The fourth-order valence-corrected chi connectivity index (χ4v) is 1.66. The Bertz CT molecular complexity index is 251. The second kappa shape index (κ2) is 4.79. The van der Waals surface area contributed by atoms with Gasteiger partial charge in [-0.1, -0.05) is 13.0 Å². The number of carbonyl (C=O) groups excluding carboxylic acids is 2. The van der Waals surface area contributed by atoms with Gasteiger partial charge in [-0.2, -0.15) is 0 Å². The number of hydrogen-bond acceptors (Lipinski definition) is 2. The molecule has 0 aromatic carbocycles. The van der Waals surface area contributed by atoms with Gasteiger partial charge in [-0.3, -0.25) is 9.59 Å². The first-order valence-electron chi connectivity index (χ1n) is 4.88. The van der Waals surface area contributed by atoms with Crippen LogP contribution in [0.25, 0.3) is 0 Å². The molecule has 1 N–H and O–H groups in total. The highest BCUT2D eigenvalue weighted by Gasteiger charge is 2.30. The van der Waals surface area contributed by atoms with Crippen LogP contribution in [0.4, 0.5) is 0 Å². The van der Waals surface area contributed by atoms with Crippen molar-refractivity contribution in [2.75, 3.05) is 13.1 Å². The molecule has 0 spiro atoms. The molecule has 0 aromatic heterocycles. The molecule has 1 aliphatic rings. The summed E-state index contributed by atoms with van der Waals surface area (Å²) in [4.78, 5) is 24.6. The quantitative estimate of drug-likeness (QED) is 0.660. The third-order valence-corrected chi connectivity index (χ3v) is 2.36. The first-order chi connectivity index (χ1) is 6.70. The predicted molar refractivity (Wildman–Crippen MR) is 53.6 cm³/mol. The second-order valence-electron chi connectivity index (χ2n) is 3.30. The van der Waals surface area contributed by atoms with Crippen molar-refractivity contribution in [3.05, 3.63) is 12.7 Å². The van der Waals surface area contributed by atoms with E-state index in [1.807, 2.05) is 6.92 Å². The molecule has 78 valence electrons. The standard InChI is InChI=1S/C10H16N2O2/c1-3-5-9(13)12-7-6-11-10(14)8(12)4-2/h3,8H,1,4-7H2,2H3,(H,11,14). The van der Waals surface area contributed by atoms with Crippen LogP contribution in [0.3, 0.4) is 0 Å². The molecule has 0 bridgehead atoms. The van der Waals surface area contributed by atoms with Gasteiger partial charge in [0.05, 0.1) is 0 Å². The zero-order chi connectivity index (χ0) is 10.6. The minimum absolute atomic E-state index is 0.0123. The van der Waals surface area contributed by atoms with E-state index in [4.69, 9.17) is 0 Å². The lowest BCUT2D eigenvalue weighted by Gasteiger charge is -2.34. The summed E-state index contributed by atoms with van der Waals surface area (Å²) in [6.45, 7) is 6.59. The van der Waals surface area contributed by atoms with Crippen molar-refractivity contribution in [1.82, 2.24) is 10.2 Å². The molecule has 1 heterocycles. The summed E-state index contributed by atoms with van der Waals surface area (Å²) in [7, 11) is 0. The lowest BCUT2D eigenvalue weighted by molar-refractivity contribution is -0.142. The van der Waals surface area contributed by atoms with E-state index in [0.717, 1.165) is 0 Å². The highest BCUT2D eigenvalue weighted by atomic mass is 16.2. The Balaban J connectivity index is 2.69. The Hall–Kier alpha value is -1.32. The van der Waals surface area contributed by atoms with Crippen molar-refractivity contribution in [3.63, 3.8) is 0 Å². The summed E-state index contributed by atoms with van der Waals surface area (Å²) in [5.41, 5.74) is 0. The number of carbonyl (C=O) groups is 2. The highest BCUT2D eigenvalue weighted by Crippen LogP contribution is 2.10. The molecule has 1 aliphatic heterocycles. The Morgan fingerprint density at radius 2 is 2.50 bits per heavy atom. The molecule has 1 unspecified atom stereocenters. The lowest BCUT2D eigenvalue weighted by atomic mass is 10.1. The van der Waals surface area contributed by atoms with Crippen LogP contribution in [0.2, 0.25) is 0 Å². The van der Waals surface area contributed by atoms with Gasteiger partial charge in [0.2, 0.25) is 11.8 Å². The van der Waals surface area contributed by atoms with Crippen molar-refractivity contribution in [1.29, 1.82) is 0 Å². The van der Waals surface area contributed by atoms with E-state index in [1.165, 1.54) is 0 Å². The fourth-order valence-electron chi connectivity index (χ4n) is 1.66. The SMILES string of the molecule is C=CCC(=O)N1CCNC(=O)C1CC. The summed E-state index contributed by atoms with van der Waals surface area (Å²) >= 11 is 0. The molecule has 1 saturated heterocycles. The first kappa shape index (κ1) is 10.8. The van der Waals surface area contributed by atoms with Crippen LogP contribution in [-0.4, -0.2) is 35.8 Å². The van der Waals surface area contributed by atoms with Crippen LogP contribution in [0.5, 0.6) is 0 Å². The molecule has 1 atom stereocenters. The van der Waals surface area contributed by atoms with E-state index >= 15 is 0 Å². The maximum atomic E-state index is 11.6. The molecule has 0 radical (unpaired) electrons. The fraction of sp³-hybridized carbons (Fsp3) is 0.600. The number of rotatable bonds is 3. The average molecular weight is 196 g/mol. The monoisotopic (exact) mass is 196 g/mol. The molecule has 2 amide bonds. The Morgan fingerprint density at radius 1 is 1.79 bits per heavy atom. The van der Waals surface area contributed by atoms with Gasteiger partial charge in [-0.05, 0) is 6.42 Å². The van der Waals surface area contributed by atoms with Crippen molar-refractivity contribution in [2.24, 2.45) is 0 Å². The van der Waals surface area contributed by atoms with Gasteiger partial charge in [-0.25, -0.2) is 0 Å². The van der Waals surface area contributed by atoms with E-state index < -0.39 is 0 Å². The molecule has 4 nitrogen and oxygen atoms in total. The number of amides is 2. The zero-order valence-corrected chi connectivity index (χ0v) is 8.45. The van der Waals surface area contributed by atoms with Crippen LogP contribution in [0.15, 0.2) is 12.7 Å². The Kier molecular flexibility index (Phi) is 3.68. The average Bonchev–Trinajstić information content (AvgIpc) is 2.17. The Morgan fingerprint density at radius 3 is 3.07 bits per heavy atom. The summed E-state index contributed by atoms with van der Waals surface area (Å²) in [5, 5.41) is 2.75. The third kappa shape index (κ3) is 2.13. The summed E-state index contributed by atoms with van der Waals surface area (Å²) in [6.07, 6.45) is 2.54. The molecular formula is C10H16N2O2. The highest BCUT2D eigenvalue weighted by molar-refractivity contribution is 5.89. The molecule has 0 aliphatic carbocycles. The van der Waals surface area contributed by atoms with Gasteiger partial charge >= 0.3 is 0 Å². The molecule has 1 rings (SSSR count). The van der Waals surface area contributed by atoms with Crippen molar-refractivity contribution in [3.8, 4) is 0 Å². The minimum Gasteiger partial charge on any atom is -0.353 e. The summed E-state index contributed by atoms with van der Waals surface area (Å²) < 4.78 is 0. The molecule has 0 aromatic rings. The smallest absolute Gasteiger partial charge is 0.242 e. The van der Waals surface area contributed by atoms with Crippen LogP contribution < -0.4 is 5.32 Å². The van der Waals surface area contributed by atoms with Gasteiger partial charge in [0.1, 0.15) is 6.04 Å². The number of hydrogen-bond donors (Lipinski definition) is 1. The van der Waals surface area contributed by atoms with Crippen LogP contribution in [0, 0.1) is 0 Å². The topological polar surface area (TPSA) is 49.4 Å². The largest absolute Gasteiger partial charge is 0.353 e. The minimum atomic E-state index is -0.295. The summed E-state index contributed by atoms with van der Waals surface area (Å²) in [6, 6.07) is -0.295. The molecular weight excluding hydrogens is 180 g/mol. The van der Waals surface area contributed by atoms with Crippen molar-refractivity contribution in [2.45, 2.75) is 25.8 Å². The van der Waals surface area contributed by atoms with Gasteiger partial charge in [0, 0.05) is 19.5 Å². The summed E-state index contributed by atoms with van der Waals surface area (Å²) in [5.74, 6) is -0.0575. The van der Waals surface area contributed by atoms with Gasteiger partial charge in [0.15, 0.2) is 0 Å². The second-order valence-corrected chi connectivity index (χ2v) is 3.30. The number of nitrogens with zero attached hydrogens (tertiary/aromatic N) is 1. The van der Waals surface area contributed by atoms with Crippen LogP contribution in [0.1, 0.15) is 19.8 Å². The normalized spacial score (nSPS) is 21.6. The number of nitrogens with one attached hydrogen (secondary N) is 1. The molecule has 4 heteroatoms.